The van der Waals surface area contributed by atoms with Crippen molar-refractivity contribution in [2.24, 2.45) is 0 Å². The Bertz CT molecular complexity index is 695. The van der Waals surface area contributed by atoms with E-state index in [0.29, 0.717) is 6.61 Å². The lowest BCUT2D eigenvalue weighted by molar-refractivity contribution is 0.302. The third-order valence-corrected chi connectivity index (χ3v) is 3.48. The quantitative estimate of drug-likeness (QED) is 0.703. The van der Waals surface area contributed by atoms with Crippen LogP contribution in [0.15, 0.2) is 59.3 Å². The van der Waals surface area contributed by atoms with Crippen molar-refractivity contribution in [3.05, 3.63) is 71.5 Å². The highest BCUT2D eigenvalue weighted by Gasteiger charge is 2.05. The van der Waals surface area contributed by atoms with E-state index in [2.05, 4.69) is 43.3 Å². The Morgan fingerprint density at radius 3 is 2.29 bits per heavy atom. The van der Waals surface area contributed by atoms with E-state index in [9.17, 15) is 0 Å². The predicted molar refractivity (Wildman–Crippen MR) is 82.2 cm³/mol. The second kappa shape index (κ2) is 5.83. The van der Waals surface area contributed by atoms with Crippen LogP contribution in [-0.4, -0.2) is 5.16 Å². The van der Waals surface area contributed by atoms with Crippen molar-refractivity contribution < 1.29 is 9.26 Å². The number of aryl methyl sites for hydroxylation is 2. The molecule has 3 nitrogen and oxygen atoms in total. The zero-order valence-corrected chi connectivity index (χ0v) is 12.2. The summed E-state index contributed by atoms with van der Waals surface area (Å²) in [5.41, 5.74) is 5.34. The van der Waals surface area contributed by atoms with Gasteiger partial charge in [0.05, 0.1) is 0 Å². The molecule has 106 valence electrons. The summed E-state index contributed by atoms with van der Waals surface area (Å²) in [6.07, 6.45) is 1.58. The van der Waals surface area contributed by atoms with Crippen LogP contribution in [0, 0.1) is 13.8 Å². The van der Waals surface area contributed by atoms with E-state index in [0.717, 1.165) is 33.7 Å². The third-order valence-electron chi connectivity index (χ3n) is 3.48. The van der Waals surface area contributed by atoms with Gasteiger partial charge in [-0.2, -0.15) is 0 Å². The molecule has 1 aromatic heterocycles. The van der Waals surface area contributed by atoms with Crippen molar-refractivity contribution >= 4 is 0 Å². The van der Waals surface area contributed by atoms with Gasteiger partial charge in [-0.15, -0.1) is 0 Å². The molecule has 0 N–H and O–H groups in total. The van der Waals surface area contributed by atoms with Gasteiger partial charge in [-0.25, -0.2) is 0 Å². The molecule has 1 heterocycles. The molecule has 0 aliphatic rings. The van der Waals surface area contributed by atoms with E-state index >= 15 is 0 Å². The van der Waals surface area contributed by atoms with Crippen molar-refractivity contribution in [2.45, 2.75) is 20.5 Å². The maximum atomic E-state index is 5.95. The van der Waals surface area contributed by atoms with Crippen LogP contribution in [0.3, 0.4) is 0 Å². The molecule has 21 heavy (non-hydrogen) atoms. The molecule has 0 saturated heterocycles. The zero-order valence-electron chi connectivity index (χ0n) is 12.2. The summed E-state index contributed by atoms with van der Waals surface area (Å²) in [5, 5.41) is 3.93. The fourth-order valence-electron chi connectivity index (χ4n) is 2.32. The summed E-state index contributed by atoms with van der Waals surface area (Å²) in [5.74, 6) is 0.970. The number of nitrogens with zero attached hydrogens (tertiary/aromatic N) is 1. The maximum absolute atomic E-state index is 5.95. The minimum absolute atomic E-state index is 0.560. The Morgan fingerprint density at radius 1 is 0.952 bits per heavy atom. The molecular formula is C18H17NO2. The molecule has 0 spiro atoms. The van der Waals surface area contributed by atoms with Crippen LogP contribution in [0.25, 0.3) is 11.3 Å². The summed E-state index contributed by atoms with van der Waals surface area (Å²) in [7, 11) is 0. The first-order valence-electron chi connectivity index (χ1n) is 6.93. The molecule has 2 aromatic carbocycles. The topological polar surface area (TPSA) is 35.3 Å². The first-order valence-corrected chi connectivity index (χ1v) is 6.93. The Hall–Kier alpha value is -2.55. The summed E-state index contributed by atoms with van der Waals surface area (Å²) in [6.45, 7) is 4.69. The van der Waals surface area contributed by atoms with E-state index in [4.69, 9.17) is 9.26 Å². The van der Waals surface area contributed by atoms with Crippen LogP contribution in [0.1, 0.15) is 16.7 Å². The van der Waals surface area contributed by atoms with E-state index in [1.165, 1.54) is 0 Å². The fraction of sp³-hybridized carbons (Fsp3) is 0.167. The maximum Gasteiger partial charge on any atom is 0.125 e. The standard InChI is InChI=1S/C18H17NO2/c1-13-4-3-5-14(2)18(13)20-12-15-6-8-16(9-7-15)17-10-11-21-19-17/h3-11H,12H2,1-2H3. The lowest BCUT2D eigenvalue weighted by atomic mass is 10.1. The molecular weight excluding hydrogens is 262 g/mol. The lowest BCUT2D eigenvalue weighted by Crippen LogP contribution is -1.98. The van der Waals surface area contributed by atoms with E-state index in [-0.39, 0.29) is 0 Å². The second-order valence-electron chi connectivity index (χ2n) is 5.09. The average molecular weight is 279 g/mol. The summed E-state index contributed by atoms with van der Waals surface area (Å²) in [4.78, 5) is 0. The molecule has 0 radical (unpaired) electrons. The Labute approximate surface area is 124 Å². The second-order valence-corrected chi connectivity index (χ2v) is 5.09. The van der Waals surface area contributed by atoms with E-state index in [1.807, 2.05) is 24.3 Å². The monoisotopic (exact) mass is 279 g/mol. The van der Waals surface area contributed by atoms with Gasteiger partial charge in [0.1, 0.15) is 24.3 Å². The van der Waals surface area contributed by atoms with Gasteiger partial charge in [0, 0.05) is 11.6 Å². The van der Waals surface area contributed by atoms with Gasteiger partial charge in [0.25, 0.3) is 0 Å². The molecule has 0 aliphatic carbocycles. The van der Waals surface area contributed by atoms with Crippen LogP contribution in [-0.2, 0) is 6.61 Å². The molecule has 3 aromatic rings. The van der Waals surface area contributed by atoms with Crippen LogP contribution < -0.4 is 4.74 Å². The van der Waals surface area contributed by atoms with Crippen molar-refractivity contribution in [2.75, 3.05) is 0 Å². The fourth-order valence-corrected chi connectivity index (χ4v) is 2.32. The highest BCUT2D eigenvalue weighted by molar-refractivity contribution is 5.58. The molecule has 0 atom stereocenters. The number of aromatic nitrogens is 1. The molecule has 0 amide bonds. The number of hydrogen-bond acceptors (Lipinski definition) is 3. The van der Waals surface area contributed by atoms with Crippen LogP contribution >= 0.6 is 0 Å². The molecule has 0 saturated carbocycles. The largest absolute Gasteiger partial charge is 0.488 e. The number of para-hydroxylation sites is 1. The number of hydrogen-bond donors (Lipinski definition) is 0. The Kier molecular flexibility index (Phi) is 3.73. The SMILES string of the molecule is Cc1cccc(C)c1OCc1ccc(-c2ccon2)cc1. The molecule has 3 heteroatoms. The van der Waals surface area contributed by atoms with Gasteiger partial charge in [-0.05, 0) is 30.5 Å². The molecule has 0 unspecified atom stereocenters. The molecule has 0 fully saturated rings. The first kappa shape index (κ1) is 13.4. The first-order chi connectivity index (χ1) is 10.2. The summed E-state index contributed by atoms with van der Waals surface area (Å²) < 4.78 is 10.8. The Balaban J connectivity index is 1.71. The number of rotatable bonds is 4. The van der Waals surface area contributed by atoms with Gasteiger partial charge < -0.3 is 9.26 Å². The average Bonchev–Trinajstić information content (AvgIpc) is 3.02. The number of ether oxygens (including phenoxy) is 1. The van der Waals surface area contributed by atoms with Crippen LogP contribution in [0.5, 0.6) is 5.75 Å². The van der Waals surface area contributed by atoms with Crippen molar-refractivity contribution in [1.82, 2.24) is 5.16 Å². The van der Waals surface area contributed by atoms with Gasteiger partial charge >= 0.3 is 0 Å². The molecule has 0 bridgehead atoms. The molecule has 0 aliphatic heterocycles. The van der Waals surface area contributed by atoms with Gasteiger partial charge in [-0.1, -0.05) is 47.6 Å². The van der Waals surface area contributed by atoms with E-state index < -0.39 is 0 Å². The highest BCUT2D eigenvalue weighted by Crippen LogP contribution is 2.24. The predicted octanol–water partition coefficient (Wildman–Crippen LogP) is 4.54. The van der Waals surface area contributed by atoms with Crippen LogP contribution in [0.4, 0.5) is 0 Å². The minimum Gasteiger partial charge on any atom is -0.488 e. The molecule has 3 rings (SSSR count). The summed E-state index contributed by atoms with van der Waals surface area (Å²) >= 11 is 0. The van der Waals surface area contributed by atoms with Gasteiger partial charge in [-0.3, -0.25) is 0 Å². The lowest BCUT2D eigenvalue weighted by Gasteiger charge is -2.12. The van der Waals surface area contributed by atoms with Gasteiger partial charge in [0.2, 0.25) is 0 Å². The van der Waals surface area contributed by atoms with Crippen molar-refractivity contribution in [3.63, 3.8) is 0 Å². The van der Waals surface area contributed by atoms with E-state index in [1.54, 1.807) is 6.26 Å². The smallest absolute Gasteiger partial charge is 0.125 e. The van der Waals surface area contributed by atoms with Crippen molar-refractivity contribution in [3.8, 4) is 17.0 Å². The summed E-state index contributed by atoms with van der Waals surface area (Å²) in [6, 6.07) is 16.2. The van der Waals surface area contributed by atoms with Crippen LogP contribution in [0.2, 0.25) is 0 Å². The zero-order chi connectivity index (χ0) is 14.7. The number of benzene rings is 2. The minimum atomic E-state index is 0.560. The van der Waals surface area contributed by atoms with Crippen molar-refractivity contribution in [1.29, 1.82) is 0 Å². The highest BCUT2D eigenvalue weighted by atomic mass is 16.5. The third kappa shape index (κ3) is 2.97. The van der Waals surface area contributed by atoms with Gasteiger partial charge in [0.15, 0.2) is 0 Å². The normalized spacial score (nSPS) is 10.6. The Morgan fingerprint density at radius 2 is 1.67 bits per heavy atom.